The van der Waals surface area contributed by atoms with Crippen LogP contribution in [0.25, 0.3) is 11.4 Å². The molecule has 4 rings (SSSR count). The highest BCUT2D eigenvalue weighted by Crippen LogP contribution is 2.21. The van der Waals surface area contributed by atoms with Gasteiger partial charge in [0.2, 0.25) is 11.7 Å². The minimum atomic E-state index is -0.335. The zero-order chi connectivity index (χ0) is 18.3. The van der Waals surface area contributed by atoms with Crippen molar-refractivity contribution in [3.05, 3.63) is 41.7 Å². The fraction of sp³-hybridized carbons (Fsp3) is 0.375. The summed E-state index contributed by atoms with van der Waals surface area (Å²) >= 11 is 0. The molecule has 0 N–H and O–H groups in total. The Balaban J connectivity index is 1.47. The van der Waals surface area contributed by atoms with E-state index in [0.29, 0.717) is 24.5 Å². The molecule has 1 aliphatic rings. The molecule has 3 heterocycles. The Morgan fingerprint density at radius 3 is 2.77 bits per heavy atom. The Hall–Kier alpha value is -3.17. The number of benzene rings is 1. The van der Waals surface area contributed by atoms with Gasteiger partial charge in [-0.15, -0.1) is 20.4 Å². The molecule has 1 aromatic carbocycles. The molecule has 0 bridgehead atoms. The highest BCUT2D eigenvalue weighted by molar-refractivity contribution is 5.76. The number of tetrazole rings is 1. The monoisotopic (exact) mass is 356 g/mol. The molecular formula is C16H17FN8O. The summed E-state index contributed by atoms with van der Waals surface area (Å²) in [6.45, 7) is 4.89. The number of rotatable bonds is 3. The quantitative estimate of drug-likeness (QED) is 0.694. The minimum Gasteiger partial charge on any atom is -0.331 e. The van der Waals surface area contributed by atoms with E-state index in [1.54, 1.807) is 17.0 Å². The number of carbonyl (C=O) groups is 1. The van der Waals surface area contributed by atoms with E-state index in [1.807, 2.05) is 18.4 Å². The maximum atomic E-state index is 13.0. The number of aryl methyl sites for hydroxylation is 1. The van der Waals surface area contributed by atoms with E-state index in [2.05, 4.69) is 25.6 Å². The van der Waals surface area contributed by atoms with Crippen LogP contribution in [-0.2, 0) is 17.9 Å². The molecule has 1 atom stereocenters. The molecule has 9 nitrogen and oxygen atoms in total. The van der Waals surface area contributed by atoms with Gasteiger partial charge in [-0.25, -0.2) is 4.39 Å². The highest BCUT2D eigenvalue weighted by Gasteiger charge is 2.28. The zero-order valence-electron chi connectivity index (χ0n) is 14.4. The van der Waals surface area contributed by atoms with Gasteiger partial charge in [-0.1, -0.05) is 0 Å². The van der Waals surface area contributed by atoms with Crippen LogP contribution in [0.2, 0.25) is 0 Å². The Bertz CT molecular complexity index is 948. The lowest BCUT2D eigenvalue weighted by molar-refractivity contribution is -0.134. The molecule has 10 heteroatoms. The van der Waals surface area contributed by atoms with Crippen LogP contribution in [0.3, 0.4) is 0 Å². The van der Waals surface area contributed by atoms with Crippen LogP contribution in [0.1, 0.15) is 24.6 Å². The molecule has 1 aliphatic heterocycles. The Morgan fingerprint density at radius 2 is 2.00 bits per heavy atom. The molecular weight excluding hydrogens is 339 g/mol. The number of amides is 1. The molecule has 0 fully saturated rings. The van der Waals surface area contributed by atoms with Crippen LogP contribution in [0.4, 0.5) is 4.39 Å². The molecule has 0 unspecified atom stereocenters. The van der Waals surface area contributed by atoms with Crippen molar-refractivity contribution in [2.24, 2.45) is 0 Å². The molecule has 0 saturated heterocycles. The molecule has 0 saturated carbocycles. The van der Waals surface area contributed by atoms with Crippen molar-refractivity contribution in [2.75, 3.05) is 6.54 Å². The average molecular weight is 356 g/mol. The zero-order valence-corrected chi connectivity index (χ0v) is 14.4. The van der Waals surface area contributed by atoms with E-state index in [4.69, 9.17) is 0 Å². The van der Waals surface area contributed by atoms with Gasteiger partial charge in [-0.2, -0.15) is 4.80 Å². The molecule has 134 valence electrons. The fourth-order valence-corrected chi connectivity index (χ4v) is 3.17. The summed E-state index contributed by atoms with van der Waals surface area (Å²) in [7, 11) is 0. The molecule has 0 aliphatic carbocycles. The summed E-state index contributed by atoms with van der Waals surface area (Å²) in [5.74, 6) is 1.51. The van der Waals surface area contributed by atoms with Gasteiger partial charge in [0.05, 0.1) is 12.6 Å². The Kier molecular flexibility index (Phi) is 3.94. The first-order valence-electron chi connectivity index (χ1n) is 8.23. The minimum absolute atomic E-state index is 0.0198. The highest BCUT2D eigenvalue weighted by atomic mass is 19.1. The molecule has 2 aromatic heterocycles. The van der Waals surface area contributed by atoms with Gasteiger partial charge < -0.3 is 9.47 Å². The van der Waals surface area contributed by atoms with Gasteiger partial charge in [0.25, 0.3) is 0 Å². The molecule has 26 heavy (non-hydrogen) atoms. The Labute approximate surface area is 148 Å². The van der Waals surface area contributed by atoms with Gasteiger partial charge in [0.1, 0.15) is 18.2 Å². The van der Waals surface area contributed by atoms with Crippen molar-refractivity contribution in [3.63, 3.8) is 0 Å². The van der Waals surface area contributed by atoms with E-state index >= 15 is 0 Å². The van der Waals surface area contributed by atoms with Crippen LogP contribution in [-0.4, -0.2) is 52.3 Å². The van der Waals surface area contributed by atoms with E-state index in [-0.39, 0.29) is 24.3 Å². The fourth-order valence-electron chi connectivity index (χ4n) is 3.17. The third-order valence-electron chi connectivity index (χ3n) is 4.38. The van der Waals surface area contributed by atoms with Crippen LogP contribution >= 0.6 is 0 Å². The SMILES string of the molecule is Cc1nnc2n1[C@H](C)CN(C(=O)Cn1nnc(-c3ccc(F)cc3)n1)C2. The van der Waals surface area contributed by atoms with Crippen molar-refractivity contribution >= 4 is 5.91 Å². The summed E-state index contributed by atoms with van der Waals surface area (Å²) in [6, 6.07) is 5.90. The van der Waals surface area contributed by atoms with Crippen LogP contribution in [0, 0.1) is 12.7 Å². The summed E-state index contributed by atoms with van der Waals surface area (Å²) in [6.07, 6.45) is 0. The lowest BCUT2D eigenvalue weighted by atomic mass is 10.2. The number of carbonyl (C=O) groups excluding carboxylic acids is 1. The summed E-state index contributed by atoms with van der Waals surface area (Å²) < 4.78 is 15.0. The lowest BCUT2D eigenvalue weighted by Crippen LogP contribution is -2.42. The summed E-state index contributed by atoms with van der Waals surface area (Å²) in [5, 5.41) is 20.3. The van der Waals surface area contributed by atoms with Crippen LogP contribution in [0.15, 0.2) is 24.3 Å². The van der Waals surface area contributed by atoms with Crippen molar-refractivity contribution in [1.82, 2.24) is 39.9 Å². The predicted octanol–water partition coefficient (Wildman–Crippen LogP) is 0.983. The van der Waals surface area contributed by atoms with Crippen molar-refractivity contribution in [2.45, 2.75) is 33.0 Å². The van der Waals surface area contributed by atoms with Crippen LogP contribution in [0.5, 0.6) is 0 Å². The summed E-state index contributed by atoms with van der Waals surface area (Å²) in [4.78, 5) is 15.6. The maximum Gasteiger partial charge on any atom is 0.246 e. The molecule has 3 aromatic rings. The van der Waals surface area contributed by atoms with E-state index < -0.39 is 0 Å². The molecule has 0 spiro atoms. The van der Waals surface area contributed by atoms with Gasteiger partial charge in [-0.3, -0.25) is 4.79 Å². The predicted molar refractivity (Wildman–Crippen MR) is 88.1 cm³/mol. The second-order valence-corrected chi connectivity index (χ2v) is 6.31. The Morgan fingerprint density at radius 1 is 1.23 bits per heavy atom. The molecule has 1 amide bonds. The average Bonchev–Trinajstić information content (AvgIpc) is 3.23. The van der Waals surface area contributed by atoms with E-state index in [1.165, 1.54) is 16.9 Å². The third kappa shape index (κ3) is 2.93. The van der Waals surface area contributed by atoms with Gasteiger partial charge in [-0.05, 0) is 43.3 Å². The standard InChI is InChI=1S/C16H17FN8O/c1-10-7-23(8-14-19-18-11(2)25(10)14)15(26)9-24-21-16(20-22-24)12-3-5-13(17)6-4-12/h3-6,10H,7-9H2,1-2H3/t10-/m1/s1. The van der Waals surface area contributed by atoms with Gasteiger partial charge >= 0.3 is 0 Å². The first-order chi connectivity index (χ1) is 12.5. The van der Waals surface area contributed by atoms with Gasteiger partial charge in [0, 0.05) is 12.1 Å². The number of nitrogens with zero attached hydrogens (tertiary/aromatic N) is 8. The second-order valence-electron chi connectivity index (χ2n) is 6.31. The number of hydrogen-bond acceptors (Lipinski definition) is 6. The first kappa shape index (κ1) is 16.3. The van der Waals surface area contributed by atoms with Crippen LogP contribution < -0.4 is 0 Å². The van der Waals surface area contributed by atoms with E-state index in [0.717, 1.165) is 11.6 Å². The summed E-state index contributed by atoms with van der Waals surface area (Å²) in [5.41, 5.74) is 0.639. The van der Waals surface area contributed by atoms with Crippen molar-refractivity contribution in [3.8, 4) is 11.4 Å². The number of aromatic nitrogens is 7. The van der Waals surface area contributed by atoms with Gasteiger partial charge in [0.15, 0.2) is 5.82 Å². The molecule has 0 radical (unpaired) electrons. The maximum absolute atomic E-state index is 13.0. The normalized spacial score (nSPS) is 16.6. The lowest BCUT2D eigenvalue weighted by Gasteiger charge is -2.32. The number of hydrogen-bond donors (Lipinski definition) is 0. The smallest absolute Gasteiger partial charge is 0.246 e. The van der Waals surface area contributed by atoms with Crippen molar-refractivity contribution < 1.29 is 9.18 Å². The van der Waals surface area contributed by atoms with Crippen molar-refractivity contribution in [1.29, 1.82) is 0 Å². The topological polar surface area (TPSA) is 94.6 Å². The number of fused-ring (bicyclic) bond motifs is 1. The number of halogens is 1. The largest absolute Gasteiger partial charge is 0.331 e. The third-order valence-corrected chi connectivity index (χ3v) is 4.38. The van der Waals surface area contributed by atoms with E-state index in [9.17, 15) is 9.18 Å². The first-order valence-corrected chi connectivity index (χ1v) is 8.23. The second kappa shape index (κ2) is 6.28.